The van der Waals surface area contributed by atoms with Gasteiger partial charge < -0.3 is 5.11 Å². The summed E-state index contributed by atoms with van der Waals surface area (Å²) in [5, 5.41) is 13.1. The Balaban J connectivity index is 2.61. The van der Waals surface area contributed by atoms with Crippen LogP contribution in [0.2, 0.25) is 0 Å². The molecule has 1 rings (SSSR count). The van der Waals surface area contributed by atoms with Crippen LogP contribution < -0.4 is 5.32 Å². The summed E-state index contributed by atoms with van der Waals surface area (Å²) < 4.78 is 0. The van der Waals surface area contributed by atoms with Crippen molar-refractivity contribution in [1.29, 1.82) is 0 Å². The van der Waals surface area contributed by atoms with Crippen molar-refractivity contribution < 1.29 is 9.90 Å². The van der Waals surface area contributed by atoms with Gasteiger partial charge in [-0.3, -0.25) is 10.1 Å². The zero-order valence-electron chi connectivity index (χ0n) is 9.75. The Bertz CT molecular complexity index is 235. The van der Waals surface area contributed by atoms with E-state index in [0.717, 1.165) is 18.6 Å². The molecule has 1 heterocycles. The van der Waals surface area contributed by atoms with Gasteiger partial charge in [-0.05, 0) is 25.5 Å². The van der Waals surface area contributed by atoms with Crippen LogP contribution in [-0.4, -0.2) is 33.7 Å². The third kappa shape index (κ3) is 3.11. The number of nitrogens with one attached hydrogen (secondary N) is 1. The summed E-state index contributed by atoms with van der Waals surface area (Å²) in [5.41, 5.74) is -0.751. The molecular weight excluding hydrogens is 210 g/mol. The topological polar surface area (TPSA) is 49.3 Å². The largest absolute Gasteiger partial charge is 0.480 e. The molecule has 0 amide bonds. The number of carbonyl (C=O) groups is 1. The lowest BCUT2D eigenvalue weighted by molar-refractivity contribution is -0.144. The average Bonchev–Trinajstić information content (AvgIpc) is 2.52. The summed E-state index contributed by atoms with van der Waals surface area (Å²) in [5.74, 6) is 0.411. The van der Waals surface area contributed by atoms with Crippen LogP contribution in [-0.2, 0) is 4.79 Å². The normalized spacial score (nSPS) is 30.1. The van der Waals surface area contributed by atoms with Crippen molar-refractivity contribution in [1.82, 2.24) is 5.32 Å². The molecule has 0 saturated carbocycles. The minimum absolute atomic E-state index is 0.350. The van der Waals surface area contributed by atoms with Crippen LogP contribution in [0.15, 0.2) is 0 Å². The van der Waals surface area contributed by atoms with Crippen LogP contribution in [0.5, 0.6) is 0 Å². The molecule has 3 atom stereocenters. The van der Waals surface area contributed by atoms with Gasteiger partial charge in [0.1, 0.15) is 5.54 Å². The number of rotatable bonds is 5. The van der Waals surface area contributed by atoms with E-state index < -0.39 is 11.5 Å². The molecule has 1 aliphatic heterocycles. The van der Waals surface area contributed by atoms with E-state index in [-0.39, 0.29) is 0 Å². The average molecular weight is 231 g/mol. The molecule has 0 aromatic heterocycles. The van der Waals surface area contributed by atoms with E-state index in [1.807, 2.05) is 18.7 Å². The highest BCUT2D eigenvalue weighted by molar-refractivity contribution is 8.00. The molecule has 1 fully saturated rings. The van der Waals surface area contributed by atoms with Crippen LogP contribution in [0, 0.1) is 0 Å². The molecule has 0 aliphatic carbocycles. The lowest BCUT2D eigenvalue weighted by Crippen LogP contribution is -2.55. The predicted octanol–water partition coefficient (Wildman–Crippen LogP) is 2.11. The second kappa shape index (κ2) is 5.21. The first kappa shape index (κ1) is 12.8. The molecule has 3 nitrogen and oxygen atoms in total. The van der Waals surface area contributed by atoms with E-state index in [1.54, 1.807) is 6.92 Å². The number of thioether (sulfide) groups is 1. The maximum Gasteiger partial charge on any atom is 0.323 e. The summed E-state index contributed by atoms with van der Waals surface area (Å²) >= 11 is 1.92. The van der Waals surface area contributed by atoms with Crippen molar-refractivity contribution in [3.8, 4) is 0 Å². The van der Waals surface area contributed by atoms with Crippen molar-refractivity contribution in [2.45, 2.75) is 56.9 Å². The molecule has 4 heteroatoms. The maximum absolute atomic E-state index is 11.2. The fourth-order valence-corrected chi connectivity index (χ4v) is 3.27. The van der Waals surface area contributed by atoms with Crippen molar-refractivity contribution in [2.24, 2.45) is 0 Å². The SMILES string of the molecule is CCCC(C)(NC1CCSC1C)C(=O)O. The van der Waals surface area contributed by atoms with Crippen LogP contribution in [0.25, 0.3) is 0 Å². The first-order chi connectivity index (χ1) is 6.99. The van der Waals surface area contributed by atoms with E-state index in [1.165, 1.54) is 0 Å². The van der Waals surface area contributed by atoms with Crippen LogP contribution in [0.3, 0.4) is 0 Å². The van der Waals surface area contributed by atoms with Gasteiger partial charge in [0, 0.05) is 11.3 Å². The van der Waals surface area contributed by atoms with E-state index in [9.17, 15) is 9.90 Å². The molecule has 1 saturated heterocycles. The highest BCUT2D eigenvalue weighted by Gasteiger charge is 2.37. The van der Waals surface area contributed by atoms with Crippen LogP contribution in [0.1, 0.15) is 40.0 Å². The van der Waals surface area contributed by atoms with Gasteiger partial charge in [-0.25, -0.2) is 0 Å². The molecule has 2 N–H and O–H groups in total. The molecular formula is C11H21NO2S. The van der Waals surface area contributed by atoms with Gasteiger partial charge in [0.2, 0.25) is 0 Å². The smallest absolute Gasteiger partial charge is 0.323 e. The standard InChI is InChI=1S/C11H21NO2S/c1-4-6-11(3,10(13)14)12-9-5-7-15-8(9)2/h8-9,12H,4-7H2,1-3H3,(H,13,14). The first-order valence-corrected chi connectivity index (χ1v) is 6.67. The molecule has 88 valence electrons. The highest BCUT2D eigenvalue weighted by atomic mass is 32.2. The lowest BCUT2D eigenvalue weighted by atomic mass is 9.94. The quantitative estimate of drug-likeness (QED) is 0.761. The zero-order valence-corrected chi connectivity index (χ0v) is 10.6. The van der Waals surface area contributed by atoms with E-state index >= 15 is 0 Å². The number of hydrogen-bond acceptors (Lipinski definition) is 3. The van der Waals surface area contributed by atoms with Gasteiger partial charge in [-0.15, -0.1) is 0 Å². The van der Waals surface area contributed by atoms with Gasteiger partial charge in [0.15, 0.2) is 0 Å². The van der Waals surface area contributed by atoms with Crippen molar-refractivity contribution in [2.75, 3.05) is 5.75 Å². The van der Waals surface area contributed by atoms with Crippen molar-refractivity contribution in [3.05, 3.63) is 0 Å². The molecule has 0 bridgehead atoms. The second-order valence-corrected chi connectivity index (χ2v) is 5.99. The highest BCUT2D eigenvalue weighted by Crippen LogP contribution is 2.28. The summed E-state index contributed by atoms with van der Waals surface area (Å²) in [4.78, 5) is 11.2. The first-order valence-electron chi connectivity index (χ1n) is 5.62. The Morgan fingerprint density at radius 2 is 2.33 bits per heavy atom. The third-order valence-electron chi connectivity index (χ3n) is 3.10. The van der Waals surface area contributed by atoms with Gasteiger partial charge in [-0.2, -0.15) is 11.8 Å². The number of carboxylic acids is 1. The van der Waals surface area contributed by atoms with E-state index in [0.29, 0.717) is 17.7 Å². The van der Waals surface area contributed by atoms with Gasteiger partial charge in [-0.1, -0.05) is 20.3 Å². The van der Waals surface area contributed by atoms with Crippen LogP contribution >= 0.6 is 11.8 Å². The number of hydrogen-bond donors (Lipinski definition) is 2. The monoisotopic (exact) mass is 231 g/mol. The molecule has 15 heavy (non-hydrogen) atoms. The van der Waals surface area contributed by atoms with E-state index in [4.69, 9.17) is 0 Å². The summed E-state index contributed by atoms with van der Waals surface area (Å²) in [6.07, 6.45) is 2.67. The second-order valence-electron chi connectivity index (χ2n) is 4.50. The van der Waals surface area contributed by atoms with Gasteiger partial charge in [0.05, 0.1) is 0 Å². The Hall–Kier alpha value is -0.220. The van der Waals surface area contributed by atoms with Gasteiger partial charge in [0.25, 0.3) is 0 Å². The summed E-state index contributed by atoms with van der Waals surface area (Å²) in [7, 11) is 0. The maximum atomic E-state index is 11.2. The van der Waals surface area contributed by atoms with Crippen molar-refractivity contribution >= 4 is 17.7 Å². The fourth-order valence-electron chi connectivity index (χ4n) is 2.07. The zero-order chi connectivity index (χ0) is 11.5. The van der Waals surface area contributed by atoms with Crippen molar-refractivity contribution in [3.63, 3.8) is 0 Å². The molecule has 0 aromatic rings. The molecule has 1 aliphatic rings. The lowest BCUT2D eigenvalue weighted by Gasteiger charge is -2.31. The van der Waals surface area contributed by atoms with E-state index in [2.05, 4.69) is 12.2 Å². The summed E-state index contributed by atoms with van der Waals surface area (Å²) in [6, 6.07) is 0.350. The molecule has 0 spiro atoms. The minimum Gasteiger partial charge on any atom is -0.480 e. The minimum atomic E-state index is -0.751. The Morgan fingerprint density at radius 3 is 2.73 bits per heavy atom. The molecule has 0 aromatic carbocycles. The number of carboxylic acid groups (broad SMARTS) is 1. The summed E-state index contributed by atoms with van der Waals surface area (Å²) in [6.45, 7) is 5.99. The Kier molecular flexibility index (Phi) is 4.46. The fraction of sp³-hybridized carbons (Fsp3) is 0.909. The third-order valence-corrected chi connectivity index (χ3v) is 4.43. The van der Waals surface area contributed by atoms with Crippen LogP contribution in [0.4, 0.5) is 0 Å². The molecule has 0 radical (unpaired) electrons. The van der Waals surface area contributed by atoms with Gasteiger partial charge >= 0.3 is 5.97 Å². The Morgan fingerprint density at radius 1 is 1.67 bits per heavy atom. The molecule has 3 unspecified atom stereocenters. The Labute approximate surface area is 96.0 Å². The predicted molar refractivity (Wildman–Crippen MR) is 64.4 cm³/mol. The number of aliphatic carboxylic acids is 1.